The average molecular weight is 290 g/mol. The number of carboxylic acids is 1. The van der Waals surface area contributed by atoms with Gasteiger partial charge in [-0.1, -0.05) is 24.9 Å². The van der Waals surface area contributed by atoms with Crippen LogP contribution in [0.5, 0.6) is 0 Å². The Morgan fingerprint density at radius 3 is 2.67 bits per heavy atom. The van der Waals surface area contributed by atoms with Crippen molar-refractivity contribution in [2.45, 2.75) is 26.7 Å². The van der Waals surface area contributed by atoms with E-state index in [1.807, 2.05) is 13.8 Å². The van der Waals surface area contributed by atoms with Crippen LogP contribution in [0.2, 0.25) is 5.02 Å². The van der Waals surface area contributed by atoms with Gasteiger partial charge in [0.2, 0.25) is 0 Å². The van der Waals surface area contributed by atoms with Gasteiger partial charge in [0.25, 0.3) is 5.91 Å². The summed E-state index contributed by atoms with van der Waals surface area (Å²) in [6.45, 7) is 3.87. The number of amides is 1. The molecule has 1 aromatic heterocycles. The van der Waals surface area contributed by atoms with E-state index < -0.39 is 11.9 Å². The van der Waals surface area contributed by atoms with Crippen LogP contribution >= 0.6 is 22.9 Å². The van der Waals surface area contributed by atoms with Crippen molar-refractivity contribution in [1.29, 1.82) is 0 Å². The molecule has 1 amide bonds. The Labute approximate surface area is 115 Å². The van der Waals surface area contributed by atoms with Gasteiger partial charge in [0.15, 0.2) is 0 Å². The maximum atomic E-state index is 11.8. The monoisotopic (exact) mass is 289 g/mol. The molecule has 1 atom stereocenters. The number of aryl methyl sites for hydroxylation is 1. The largest absolute Gasteiger partial charge is 0.481 e. The van der Waals surface area contributed by atoms with Crippen molar-refractivity contribution in [1.82, 2.24) is 5.32 Å². The topological polar surface area (TPSA) is 66.4 Å². The van der Waals surface area contributed by atoms with Gasteiger partial charge in [-0.15, -0.1) is 11.3 Å². The third-order valence-electron chi connectivity index (χ3n) is 2.60. The van der Waals surface area contributed by atoms with Gasteiger partial charge in [0.1, 0.15) is 4.88 Å². The van der Waals surface area contributed by atoms with E-state index in [1.165, 1.54) is 11.3 Å². The molecule has 0 aliphatic carbocycles. The van der Waals surface area contributed by atoms with Crippen LogP contribution in [0.15, 0.2) is 5.38 Å². The standard InChI is InChI=1S/C12H16ClNO3S/c1-3-4-8(12(16)17)5-14-11(15)10-9(13)7(2)6-18-10/h6,8H,3-5H2,1-2H3,(H,14,15)(H,16,17). The first-order valence-electron chi connectivity index (χ1n) is 5.72. The lowest BCUT2D eigenvalue weighted by atomic mass is 10.0. The predicted molar refractivity (Wildman–Crippen MR) is 72.4 cm³/mol. The van der Waals surface area contributed by atoms with Crippen molar-refractivity contribution in [3.8, 4) is 0 Å². The van der Waals surface area contributed by atoms with Gasteiger partial charge >= 0.3 is 5.97 Å². The lowest BCUT2D eigenvalue weighted by Crippen LogP contribution is -2.32. The second-order valence-corrected chi connectivity index (χ2v) is 5.35. The molecule has 0 aliphatic heterocycles. The number of halogens is 1. The summed E-state index contributed by atoms with van der Waals surface area (Å²) in [5.74, 6) is -1.73. The number of carbonyl (C=O) groups excluding carboxylic acids is 1. The highest BCUT2D eigenvalue weighted by Crippen LogP contribution is 2.26. The molecule has 0 aromatic carbocycles. The normalized spacial score (nSPS) is 12.2. The first-order valence-corrected chi connectivity index (χ1v) is 6.97. The lowest BCUT2D eigenvalue weighted by Gasteiger charge is -2.11. The zero-order valence-corrected chi connectivity index (χ0v) is 11.9. The maximum absolute atomic E-state index is 11.8. The van der Waals surface area contributed by atoms with E-state index in [0.717, 1.165) is 12.0 Å². The number of thiophene rings is 1. The van der Waals surface area contributed by atoms with E-state index in [1.54, 1.807) is 5.38 Å². The molecule has 4 nitrogen and oxygen atoms in total. The van der Waals surface area contributed by atoms with Gasteiger partial charge in [-0.3, -0.25) is 9.59 Å². The van der Waals surface area contributed by atoms with Crippen LogP contribution in [-0.4, -0.2) is 23.5 Å². The highest BCUT2D eigenvalue weighted by molar-refractivity contribution is 7.13. The van der Waals surface area contributed by atoms with Crippen LogP contribution < -0.4 is 5.32 Å². The van der Waals surface area contributed by atoms with Gasteiger partial charge in [0, 0.05) is 6.54 Å². The number of nitrogens with one attached hydrogen (secondary N) is 1. The number of aliphatic carboxylic acids is 1. The fourth-order valence-corrected chi connectivity index (χ4v) is 2.74. The quantitative estimate of drug-likeness (QED) is 0.846. The van der Waals surface area contributed by atoms with Crippen molar-refractivity contribution < 1.29 is 14.7 Å². The Bertz CT molecular complexity index is 445. The van der Waals surface area contributed by atoms with Gasteiger partial charge in [-0.25, -0.2) is 0 Å². The third-order valence-corrected chi connectivity index (χ3v) is 4.30. The molecule has 0 aliphatic rings. The Kier molecular flexibility index (Phi) is 5.62. The molecule has 2 N–H and O–H groups in total. The van der Waals surface area contributed by atoms with Gasteiger partial charge < -0.3 is 10.4 Å². The van der Waals surface area contributed by atoms with E-state index in [0.29, 0.717) is 16.3 Å². The Morgan fingerprint density at radius 1 is 1.56 bits per heavy atom. The number of rotatable bonds is 6. The molecule has 0 bridgehead atoms. The molecule has 0 spiro atoms. The number of carboxylic acid groups (broad SMARTS) is 1. The SMILES string of the molecule is CCCC(CNC(=O)c1scc(C)c1Cl)C(=O)O. The van der Waals surface area contributed by atoms with E-state index >= 15 is 0 Å². The van der Waals surface area contributed by atoms with Crippen LogP contribution in [0, 0.1) is 12.8 Å². The van der Waals surface area contributed by atoms with Crippen molar-refractivity contribution in [2.24, 2.45) is 5.92 Å². The molecule has 1 aromatic rings. The fourth-order valence-electron chi connectivity index (χ4n) is 1.54. The highest BCUT2D eigenvalue weighted by Gasteiger charge is 2.19. The average Bonchev–Trinajstić information content (AvgIpc) is 2.65. The molecule has 1 heterocycles. The van der Waals surface area contributed by atoms with E-state index in [9.17, 15) is 9.59 Å². The zero-order chi connectivity index (χ0) is 13.7. The molecule has 0 fully saturated rings. The first kappa shape index (κ1) is 15.0. The number of hydrogen-bond acceptors (Lipinski definition) is 3. The summed E-state index contributed by atoms with van der Waals surface area (Å²) in [6.07, 6.45) is 1.32. The Morgan fingerprint density at radius 2 is 2.22 bits per heavy atom. The molecule has 6 heteroatoms. The summed E-state index contributed by atoms with van der Waals surface area (Å²) in [6, 6.07) is 0. The van der Waals surface area contributed by atoms with Crippen molar-refractivity contribution in [2.75, 3.05) is 6.54 Å². The Balaban J connectivity index is 2.60. The Hall–Kier alpha value is -1.07. The maximum Gasteiger partial charge on any atom is 0.308 e. The fraction of sp³-hybridized carbons (Fsp3) is 0.500. The summed E-state index contributed by atoms with van der Waals surface area (Å²) in [7, 11) is 0. The summed E-state index contributed by atoms with van der Waals surface area (Å²) < 4.78 is 0. The molecule has 0 radical (unpaired) electrons. The van der Waals surface area contributed by atoms with E-state index in [2.05, 4.69) is 5.32 Å². The van der Waals surface area contributed by atoms with Crippen molar-refractivity contribution >= 4 is 34.8 Å². The van der Waals surface area contributed by atoms with Crippen molar-refractivity contribution in [3.05, 3.63) is 20.8 Å². The lowest BCUT2D eigenvalue weighted by molar-refractivity contribution is -0.141. The second-order valence-electron chi connectivity index (χ2n) is 4.10. The minimum absolute atomic E-state index is 0.134. The minimum atomic E-state index is -0.884. The summed E-state index contributed by atoms with van der Waals surface area (Å²) in [5.41, 5.74) is 0.857. The molecule has 18 heavy (non-hydrogen) atoms. The van der Waals surface area contributed by atoms with Crippen LogP contribution in [0.4, 0.5) is 0 Å². The molecule has 100 valence electrons. The summed E-state index contributed by atoms with van der Waals surface area (Å²) in [5, 5.41) is 13.8. The molecule has 1 unspecified atom stereocenters. The summed E-state index contributed by atoms with van der Waals surface area (Å²) in [4.78, 5) is 23.2. The third kappa shape index (κ3) is 3.71. The van der Waals surface area contributed by atoms with Gasteiger partial charge in [0.05, 0.1) is 10.9 Å². The molecular weight excluding hydrogens is 274 g/mol. The molecule has 0 saturated heterocycles. The van der Waals surface area contributed by atoms with E-state index in [-0.39, 0.29) is 12.5 Å². The highest BCUT2D eigenvalue weighted by atomic mass is 35.5. The number of hydrogen-bond donors (Lipinski definition) is 2. The van der Waals surface area contributed by atoms with Crippen LogP contribution in [0.1, 0.15) is 35.0 Å². The molecule has 0 saturated carbocycles. The summed E-state index contributed by atoms with van der Waals surface area (Å²) >= 11 is 7.24. The number of carbonyl (C=O) groups is 2. The van der Waals surface area contributed by atoms with Crippen LogP contribution in [-0.2, 0) is 4.79 Å². The molecule has 1 rings (SSSR count). The van der Waals surface area contributed by atoms with Crippen molar-refractivity contribution in [3.63, 3.8) is 0 Å². The first-order chi connectivity index (χ1) is 8.47. The van der Waals surface area contributed by atoms with Gasteiger partial charge in [-0.2, -0.15) is 0 Å². The minimum Gasteiger partial charge on any atom is -0.481 e. The predicted octanol–water partition coefficient (Wildman–Crippen LogP) is 2.94. The van der Waals surface area contributed by atoms with E-state index in [4.69, 9.17) is 16.7 Å². The van der Waals surface area contributed by atoms with Gasteiger partial charge in [-0.05, 0) is 24.3 Å². The smallest absolute Gasteiger partial charge is 0.308 e. The zero-order valence-electron chi connectivity index (χ0n) is 10.3. The second kappa shape index (κ2) is 6.75. The van der Waals surface area contributed by atoms with Crippen LogP contribution in [0.3, 0.4) is 0 Å². The molecular formula is C12H16ClNO3S. The van der Waals surface area contributed by atoms with Crippen LogP contribution in [0.25, 0.3) is 0 Å².